The van der Waals surface area contributed by atoms with Crippen molar-refractivity contribution in [3.8, 4) is 0 Å². The Balaban J connectivity index is 1.35. The lowest BCUT2D eigenvalue weighted by molar-refractivity contribution is -0.137. The first kappa shape index (κ1) is 22.5. The van der Waals surface area contributed by atoms with Crippen molar-refractivity contribution in [1.29, 1.82) is 0 Å². The number of likely N-dealkylation sites (tertiary alicyclic amines) is 1. The van der Waals surface area contributed by atoms with Crippen LogP contribution in [-0.2, 0) is 17.5 Å². The molecule has 32 heavy (non-hydrogen) atoms. The topological polar surface area (TPSA) is 44.8 Å². The first-order valence-corrected chi connectivity index (χ1v) is 11.0. The maximum atomic E-state index is 13.1. The largest absolute Gasteiger partial charge is 0.416 e. The number of anilines is 1. The van der Waals surface area contributed by atoms with Crippen LogP contribution >= 0.6 is 0 Å². The van der Waals surface area contributed by atoms with Crippen LogP contribution in [0.15, 0.2) is 48.5 Å². The maximum Gasteiger partial charge on any atom is 0.416 e. The number of ether oxygens (including phenoxy) is 1. The minimum Gasteiger partial charge on any atom is -0.378 e. The molecule has 2 aromatic rings. The predicted octanol–water partition coefficient (Wildman–Crippen LogP) is 4.63. The molecule has 1 atom stereocenters. The Bertz CT molecular complexity index is 929. The zero-order valence-electron chi connectivity index (χ0n) is 17.9. The molecule has 5 nitrogen and oxygen atoms in total. The molecule has 4 rings (SSSR count). The number of benzene rings is 2. The summed E-state index contributed by atoms with van der Waals surface area (Å²) in [6, 6.07) is 13.4. The number of carbonyl (C=O) groups excluding carboxylic acids is 1. The second-order valence-corrected chi connectivity index (χ2v) is 8.34. The third kappa shape index (κ3) is 5.54. The Morgan fingerprint density at radius 2 is 1.84 bits per heavy atom. The van der Waals surface area contributed by atoms with Gasteiger partial charge in [-0.1, -0.05) is 30.3 Å². The lowest BCUT2D eigenvalue weighted by atomic mass is 9.90. The van der Waals surface area contributed by atoms with Gasteiger partial charge in [-0.15, -0.1) is 0 Å². The molecule has 2 fully saturated rings. The normalized spacial score (nSPS) is 19.7. The molecule has 2 aliphatic heterocycles. The monoisotopic (exact) mass is 447 g/mol. The second kappa shape index (κ2) is 9.81. The van der Waals surface area contributed by atoms with Gasteiger partial charge < -0.3 is 19.9 Å². The summed E-state index contributed by atoms with van der Waals surface area (Å²) >= 11 is 0. The van der Waals surface area contributed by atoms with Gasteiger partial charge in [0.25, 0.3) is 0 Å². The molecule has 172 valence electrons. The summed E-state index contributed by atoms with van der Waals surface area (Å²) in [5.74, 6) is -0.0959. The Labute approximate surface area is 186 Å². The highest BCUT2D eigenvalue weighted by Gasteiger charge is 2.32. The first-order chi connectivity index (χ1) is 15.4. The molecule has 0 spiro atoms. The number of hydrogen-bond donors (Lipinski definition) is 1. The Kier molecular flexibility index (Phi) is 6.89. The molecule has 1 unspecified atom stereocenters. The molecule has 0 aromatic heterocycles. The second-order valence-electron chi connectivity index (χ2n) is 8.34. The quantitative estimate of drug-likeness (QED) is 0.743. The number of urea groups is 1. The maximum absolute atomic E-state index is 13.1. The molecule has 1 N–H and O–H groups in total. The van der Waals surface area contributed by atoms with E-state index in [0.717, 1.165) is 43.2 Å². The van der Waals surface area contributed by atoms with Gasteiger partial charge >= 0.3 is 12.2 Å². The van der Waals surface area contributed by atoms with Crippen LogP contribution in [0, 0.1) is 0 Å². The number of carbonyl (C=O) groups is 1. The van der Waals surface area contributed by atoms with Crippen molar-refractivity contribution < 1.29 is 22.7 Å². The number of nitrogens with one attached hydrogen (secondary N) is 1. The fourth-order valence-corrected chi connectivity index (χ4v) is 4.38. The van der Waals surface area contributed by atoms with E-state index in [9.17, 15) is 18.0 Å². The van der Waals surface area contributed by atoms with Gasteiger partial charge in [-0.25, -0.2) is 4.79 Å². The highest BCUT2D eigenvalue weighted by molar-refractivity contribution is 5.74. The lowest BCUT2D eigenvalue weighted by Gasteiger charge is -2.33. The highest BCUT2D eigenvalue weighted by Crippen LogP contribution is 2.33. The van der Waals surface area contributed by atoms with Crippen molar-refractivity contribution in [2.75, 3.05) is 44.3 Å². The van der Waals surface area contributed by atoms with Gasteiger partial charge in [0.2, 0.25) is 0 Å². The van der Waals surface area contributed by atoms with E-state index in [2.05, 4.69) is 22.3 Å². The molecule has 2 aliphatic rings. The molecular formula is C24H28F3N3O2. The average molecular weight is 448 g/mol. The van der Waals surface area contributed by atoms with E-state index in [1.165, 1.54) is 12.1 Å². The van der Waals surface area contributed by atoms with Crippen LogP contribution in [0.2, 0.25) is 0 Å². The molecule has 0 saturated carbocycles. The molecule has 2 heterocycles. The summed E-state index contributed by atoms with van der Waals surface area (Å²) in [6.07, 6.45) is -2.83. The smallest absolute Gasteiger partial charge is 0.378 e. The van der Waals surface area contributed by atoms with Crippen LogP contribution in [0.1, 0.15) is 35.4 Å². The molecular weight excluding hydrogens is 419 g/mol. The summed E-state index contributed by atoms with van der Waals surface area (Å²) in [6.45, 7) is 4.55. The van der Waals surface area contributed by atoms with Crippen LogP contribution < -0.4 is 10.2 Å². The SMILES string of the molecule is O=C(NCc1cccc(N2CCOCC2)c1)N1CCCC(c2cccc(C(F)(F)F)c2)C1. The summed E-state index contributed by atoms with van der Waals surface area (Å²) in [4.78, 5) is 16.7. The summed E-state index contributed by atoms with van der Waals surface area (Å²) in [7, 11) is 0. The van der Waals surface area contributed by atoms with Crippen molar-refractivity contribution in [1.82, 2.24) is 10.2 Å². The fraction of sp³-hybridized carbons (Fsp3) is 0.458. The van der Waals surface area contributed by atoms with E-state index < -0.39 is 11.7 Å². The molecule has 2 amide bonds. The third-order valence-electron chi connectivity index (χ3n) is 6.12. The van der Waals surface area contributed by atoms with Gasteiger partial charge in [-0.2, -0.15) is 13.2 Å². The van der Waals surface area contributed by atoms with Gasteiger partial charge in [0.1, 0.15) is 0 Å². The van der Waals surface area contributed by atoms with Crippen molar-refractivity contribution in [3.63, 3.8) is 0 Å². The predicted molar refractivity (Wildman–Crippen MR) is 117 cm³/mol. The summed E-state index contributed by atoms with van der Waals surface area (Å²) < 4.78 is 44.6. The van der Waals surface area contributed by atoms with Crippen molar-refractivity contribution in [2.24, 2.45) is 0 Å². The minimum atomic E-state index is -4.36. The van der Waals surface area contributed by atoms with Gasteiger partial charge in [-0.05, 0) is 42.2 Å². The summed E-state index contributed by atoms with van der Waals surface area (Å²) in [5.41, 5.74) is 2.11. The van der Waals surface area contributed by atoms with Gasteiger partial charge in [0.15, 0.2) is 0 Å². The number of piperidine rings is 1. The molecule has 0 bridgehead atoms. The number of halogens is 3. The van der Waals surface area contributed by atoms with Gasteiger partial charge in [0, 0.05) is 44.3 Å². The van der Waals surface area contributed by atoms with E-state index in [1.807, 2.05) is 12.1 Å². The van der Waals surface area contributed by atoms with E-state index >= 15 is 0 Å². The van der Waals surface area contributed by atoms with Crippen molar-refractivity contribution in [2.45, 2.75) is 31.5 Å². The number of alkyl halides is 3. The third-order valence-corrected chi connectivity index (χ3v) is 6.12. The van der Waals surface area contributed by atoms with E-state index in [1.54, 1.807) is 11.0 Å². The molecule has 2 aromatic carbocycles. The van der Waals surface area contributed by atoms with E-state index in [4.69, 9.17) is 4.74 Å². The van der Waals surface area contributed by atoms with E-state index in [-0.39, 0.29) is 11.9 Å². The zero-order chi connectivity index (χ0) is 22.6. The van der Waals surface area contributed by atoms with Crippen LogP contribution in [0.4, 0.5) is 23.7 Å². The van der Waals surface area contributed by atoms with Crippen LogP contribution in [-0.4, -0.2) is 50.3 Å². The Morgan fingerprint density at radius 1 is 1.06 bits per heavy atom. The first-order valence-electron chi connectivity index (χ1n) is 11.0. The molecule has 2 saturated heterocycles. The number of nitrogens with zero attached hydrogens (tertiary/aromatic N) is 2. The minimum absolute atomic E-state index is 0.0959. The zero-order valence-corrected chi connectivity index (χ0v) is 17.9. The average Bonchev–Trinajstić information content (AvgIpc) is 2.83. The lowest BCUT2D eigenvalue weighted by Crippen LogP contribution is -2.44. The molecule has 0 radical (unpaired) electrons. The molecule has 0 aliphatic carbocycles. The van der Waals surface area contributed by atoms with Crippen LogP contribution in [0.5, 0.6) is 0 Å². The summed E-state index contributed by atoms with van der Waals surface area (Å²) in [5, 5.41) is 2.97. The van der Waals surface area contributed by atoms with Crippen molar-refractivity contribution in [3.05, 3.63) is 65.2 Å². The van der Waals surface area contributed by atoms with E-state index in [0.29, 0.717) is 38.4 Å². The van der Waals surface area contributed by atoms with Crippen molar-refractivity contribution >= 4 is 11.7 Å². The highest BCUT2D eigenvalue weighted by atomic mass is 19.4. The van der Waals surface area contributed by atoms with Gasteiger partial charge in [-0.3, -0.25) is 0 Å². The Hall–Kier alpha value is -2.74. The van der Waals surface area contributed by atoms with Crippen LogP contribution in [0.25, 0.3) is 0 Å². The molecule has 8 heteroatoms. The number of rotatable bonds is 4. The fourth-order valence-electron chi connectivity index (χ4n) is 4.38. The van der Waals surface area contributed by atoms with Crippen LogP contribution in [0.3, 0.4) is 0 Å². The van der Waals surface area contributed by atoms with Gasteiger partial charge in [0.05, 0.1) is 18.8 Å². The number of hydrogen-bond acceptors (Lipinski definition) is 3. The standard InChI is InChI=1S/C24H28F3N3O2/c25-24(26,27)21-7-2-5-19(15-21)20-6-3-9-30(17-20)23(31)28-16-18-4-1-8-22(14-18)29-10-12-32-13-11-29/h1-2,4-5,7-8,14-15,20H,3,6,9-13,16-17H2,(H,28,31). The Morgan fingerprint density at radius 3 is 2.62 bits per heavy atom. The number of amides is 2. The number of morpholine rings is 1.